The second-order valence-electron chi connectivity index (χ2n) is 2.47. The highest BCUT2D eigenvalue weighted by molar-refractivity contribution is 6.30. The van der Waals surface area contributed by atoms with Crippen LogP contribution in [0.5, 0.6) is 0 Å². The molecule has 0 atom stereocenters. The lowest BCUT2D eigenvalue weighted by atomic mass is 10.1. The predicted octanol–water partition coefficient (Wildman–Crippen LogP) is 4.02. The highest BCUT2D eigenvalue weighted by Crippen LogP contribution is 2.33. The molecule has 1 rings (SSSR count). The summed E-state index contributed by atoms with van der Waals surface area (Å²) in [4.78, 5) is 0. The fraction of sp³-hybridized carbons (Fsp3) is 0.111. The molecule has 0 N–H and O–H groups in total. The van der Waals surface area contributed by atoms with Gasteiger partial charge in [-0.3, -0.25) is 0 Å². The van der Waals surface area contributed by atoms with Crippen molar-refractivity contribution in [3.05, 3.63) is 41.2 Å². The first-order chi connectivity index (χ1) is 6.45. The molecule has 0 unspecified atom stereocenters. The minimum Gasteiger partial charge on any atom is -0.203 e. The summed E-state index contributed by atoms with van der Waals surface area (Å²) in [5.74, 6) is 0. The average molecular weight is 224 g/mol. The van der Waals surface area contributed by atoms with E-state index in [0.29, 0.717) is 6.33 Å². The van der Waals surface area contributed by atoms with Crippen molar-refractivity contribution in [1.29, 1.82) is 0 Å². The zero-order chi connectivity index (χ0) is 10.8. The van der Waals surface area contributed by atoms with Gasteiger partial charge in [-0.15, -0.1) is 0 Å². The van der Waals surface area contributed by atoms with Gasteiger partial charge < -0.3 is 0 Å². The van der Waals surface area contributed by atoms with E-state index in [1.807, 2.05) is 0 Å². The minimum atomic E-state index is -4.75. The van der Waals surface area contributed by atoms with Gasteiger partial charge in [0.25, 0.3) is 0 Å². The van der Waals surface area contributed by atoms with Gasteiger partial charge in [0.1, 0.15) is 5.57 Å². The van der Waals surface area contributed by atoms with Crippen molar-refractivity contribution in [3.8, 4) is 0 Å². The maximum atomic E-state index is 12.1. The molecule has 0 saturated heterocycles. The van der Waals surface area contributed by atoms with Crippen molar-refractivity contribution in [1.82, 2.24) is 0 Å². The second-order valence-corrected chi connectivity index (χ2v) is 2.91. The zero-order valence-electron chi connectivity index (χ0n) is 6.70. The van der Waals surface area contributed by atoms with Crippen molar-refractivity contribution >= 4 is 17.2 Å². The van der Waals surface area contributed by atoms with Crippen molar-refractivity contribution in [2.24, 2.45) is 0 Å². The lowest BCUT2D eigenvalue weighted by Gasteiger charge is -2.09. The Labute approximate surface area is 82.8 Å². The van der Waals surface area contributed by atoms with Crippen LogP contribution >= 0.6 is 11.6 Å². The molecule has 0 saturated carbocycles. The van der Waals surface area contributed by atoms with Crippen LogP contribution in [0.3, 0.4) is 0 Å². The van der Waals surface area contributed by atoms with Gasteiger partial charge in [0, 0.05) is 5.02 Å². The minimum absolute atomic E-state index is 0.286. The first-order valence-corrected chi connectivity index (χ1v) is 3.89. The van der Waals surface area contributed by atoms with Crippen LogP contribution in [-0.4, -0.2) is 6.18 Å². The molecule has 1 aromatic carbocycles. The summed E-state index contributed by atoms with van der Waals surface area (Å²) in [6.07, 6.45) is -4.12. The number of benzene rings is 1. The maximum absolute atomic E-state index is 12.1. The molecule has 0 fully saturated rings. The van der Waals surface area contributed by atoms with E-state index >= 15 is 0 Å². The number of allylic oxidation sites excluding steroid dienone is 1. The number of alkyl halides is 3. The zero-order valence-corrected chi connectivity index (χ0v) is 7.46. The Kier molecular flexibility index (Phi) is 3.16. The van der Waals surface area contributed by atoms with Gasteiger partial charge in [0.2, 0.25) is 0 Å². The van der Waals surface area contributed by atoms with Crippen LogP contribution in [0.1, 0.15) is 5.56 Å². The molecule has 0 heterocycles. The molecule has 1 aromatic rings. The molecule has 0 amide bonds. The summed E-state index contributed by atoms with van der Waals surface area (Å²) in [5.41, 5.74) is -1.74. The quantitative estimate of drug-likeness (QED) is 0.631. The number of hydrogen-bond donors (Lipinski definition) is 0. The Morgan fingerprint density at radius 3 is 2.00 bits per heavy atom. The lowest BCUT2D eigenvalue weighted by Crippen LogP contribution is -2.10. The largest absolute Gasteiger partial charge is 0.419 e. The van der Waals surface area contributed by atoms with Gasteiger partial charge in [-0.25, -0.2) is 4.39 Å². The van der Waals surface area contributed by atoms with Crippen LogP contribution in [0.4, 0.5) is 17.6 Å². The van der Waals surface area contributed by atoms with Gasteiger partial charge in [-0.05, 0) is 17.7 Å². The van der Waals surface area contributed by atoms with Crippen LogP contribution in [-0.2, 0) is 0 Å². The molecule has 75 valence electrons. The summed E-state index contributed by atoms with van der Waals surface area (Å²) < 4.78 is 48.3. The summed E-state index contributed by atoms with van der Waals surface area (Å²) in [5, 5.41) is 0.286. The molecule has 0 aliphatic heterocycles. The molecular weight excluding hydrogens is 220 g/mol. The number of hydrogen-bond acceptors (Lipinski definition) is 0. The summed E-state index contributed by atoms with van der Waals surface area (Å²) in [7, 11) is 0. The maximum Gasteiger partial charge on any atom is 0.419 e. The van der Waals surface area contributed by atoms with Crippen LogP contribution < -0.4 is 0 Å². The fourth-order valence-electron chi connectivity index (χ4n) is 0.888. The Morgan fingerprint density at radius 1 is 1.14 bits per heavy atom. The van der Waals surface area contributed by atoms with E-state index in [0.717, 1.165) is 12.1 Å². The summed E-state index contributed by atoms with van der Waals surface area (Å²) in [6, 6.07) is 4.66. The van der Waals surface area contributed by atoms with E-state index in [2.05, 4.69) is 0 Å². The lowest BCUT2D eigenvalue weighted by molar-refractivity contribution is -0.0699. The van der Waals surface area contributed by atoms with Gasteiger partial charge in [0.05, 0.1) is 0 Å². The normalized spacial score (nSPS) is 13.1. The highest BCUT2D eigenvalue weighted by atomic mass is 35.5. The Hall–Kier alpha value is -1.03. The standard InChI is InChI=1S/C9H4ClF4/c10-7-3-1-6(2-4-7)8(5-11)9(12,13)14/h1-4H. The first kappa shape index (κ1) is 11.0. The molecule has 0 aliphatic carbocycles. The van der Waals surface area contributed by atoms with Gasteiger partial charge in [0.15, 0.2) is 6.33 Å². The molecule has 5 heteroatoms. The third-order valence-corrected chi connectivity index (χ3v) is 1.76. The van der Waals surface area contributed by atoms with E-state index < -0.39 is 11.7 Å². The van der Waals surface area contributed by atoms with Crippen LogP contribution in [0.25, 0.3) is 5.57 Å². The molecule has 14 heavy (non-hydrogen) atoms. The summed E-state index contributed by atoms with van der Waals surface area (Å²) in [6.45, 7) is 0. The number of halogens is 5. The molecule has 0 bridgehead atoms. The first-order valence-electron chi connectivity index (χ1n) is 3.52. The van der Waals surface area contributed by atoms with Gasteiger partial charge in [-0.1, -0.05) is 23.7 Å². The molecule has 0 spiro atoms. The molecule has 0 aliphatic rings. The summed E-state index contributed by atoms with van der Waals surface area (Å²) >= 11 is 5.47. The number of rotatable bonds is 1. The van der Waals surface area contributed by atoms with E-state index in [-0.39, 0.29) is 10.6 Å². The average Bonchev–Trinajstić information content (AvgIpc) is 2.07. The van der Waals surface area contributed by atoms with Crippen LogP contribution in [0, 0.1) is 6.33 Å². The monoisotopic (exact) mass is 223 g/mol. The molecule has 0 aromatic heterocycles. The SMILES string of the molecule is F/[C]=C(\c1ccc(Cl)cc1)C(F)(F)F. The third kappa shape index (κ3) is 2.48. The van der Waals surface area contributed by atoms with Crippen LogP contribution in [0.15, 0.2) is 24.3 Å². The van der Waals surface area contributed by atoms with Gasteiger partial charge >= 0.3 is 6.18 Å². The smallest absolute Gasteiger partial charge is 0.203 e. The Bertz CT molecular complexity index is 337. The third-order valence-electron chi connectivity index (χ3n) is 1.51. The van der Waals surface area contributed by atoms with Crippen molar-refractivity contribution in [2.75, 3.05) is 0 Å². The van der Waals surface area contributed by atoms with Crippen molar-refractivity contribution < 1.29 is 17.6 Å². The molecule has 1 radical (unpaired) electrons. The van der Waals surface area contributed by atoms with Crippen molar-refractivity contribution in [3.63, 3.8) is 0 Å². The topological polar surface area (TPSA) is 0 Å². The highest BCUT2D eigenvalue weighted by Gasteiger charge is 2.35. The Balaban J connectivity index is 3.10. The second kappa shape index (κ2) is 4.00. The van der Waals surface area contributed by atoms with E-state index in [9.17, 15) is 17.6 Å². The van der Waals surface area contributed by atoms with E-state index in [4.69, 9.17) is 11.6 Å². The van der Waals surface area contributed by atoms with Gasteiger partial charge in [-0.2, -0.15) is 13.2 Å². The van der Waals surface area contributed by atoms with Crippen molar-refractivity contribution in [2.45, 2.75) is 6.18 Å². The van der Waals surface area contributed by atoms with E-state index in [1.54, 1.807) is 0 Å². The Morgan fingerprint density at radius 2 is 1.64 bits per heavy atom. The van der Waals surface area contributed by atoms with Crippen LogP contribution in [0.2, 0.25) is 5.02 Å². The molecular formula is C9H4ClF4. The van der Waals surface area contributed by atoms with E-state index in [1.165, 1.54) is 12.1 Å². The fourth-order valence-corrected chi connectivity index (χ4v) is 1.01. The predicted molar refractivity (Wildman–Crippen MR) is 45.3 cm³/mol. The molecule has 0 nitrogen and oxygen atoms in total.